The molecule has 0 aromatic carbocycles. The average Bonchev–Trinajstić information content (AvgIpc) is 1.85. The highest BCUT2D eigenvalue weighted by Gasteiger charge is 1.74. The molecule has 0 rings (SSSR count). The van der Waals surface area contributed by atoms with E-state index in [4.69, 9.17) is 5.26 Å². The molecule has 0 fully saturated rings. The zero-order valence-corrected chi connectivity index (χ0v) is 5.46. The maximum Gasteiger partial charge on any atom is 0.0914 e. The van der Waals surface area contributed by atoms with Crippen LogP contribution >= 0.6 is 0 Å². The molecule has 0 heterocycles. The molecule has 1 nitrogen and oxygen atoms in total. The molecule has 0 saturated heterocycles. The van der Waals surface area contributed by atoms with Crippen LogP contribution in [0, 0.1) is 11.3 Å². The van der Waals surface area contributed by atoms with Gasteiger partial charge in [0.15, 0.2) is 0 Å². The SMILES string of the molecule is C=C/C=C/C(C)=C\C#N. The first-order valence-corrected chi connectivity index (χ1v) is 2.66. The fraction of sp³-hybridized carbons (Fsp3) is 0.125. The van der Waals surface area contributed by atoms with Crippen LogP contribution in [-0.2, 0) is 0 Å². The summed E-state index contributed by atoms with van der Waals surface area (Å²) in [6, 6.07) is 1.93. The summed E-state index contributed by atoms with van der Waals surface area (Å²) in [6.45, 7) is 5.36. The maximum atomic E-state index is 8.15. The van der Waals surface area contributed by atoms with Crippen molar-refractivity contribution in [2.75, 3.05) is 0 Å². The minimum absolute atomic E-state index is 0.942. The third-order valence-corrected chi connectivity index (χ3v) is 0.787. The first-order valence-electron chi connectivity index (χ1n) is 2.66. The van der Waals surface area contributed by atoms with Gasteiger partial charge in [-0.1, -0.05) is 24.8 Å². The average molecular weight is 119 g/mol. The van der Waals surface area contributed by atoms with E-state index in [0.717, 1.165) is 5.57 Å². The second kappa shape index (κ2) is 4.86. The number of hydrogen-bond donors (Lipinski definition) is 0. The summed E-state index contributed by atoms with van der Waals surface area (Å²) < 4.78 is 0. The van der Waals surface area contributed by atoms with Gasteiger partial charge in [0, 0.05) is 6.08 Å². The van der Waals surface area contributed by atoms with Gasteiger partial charge < -0.3 is 0 Å². The lowest BCUT2D eigenvalue weighted by molar-refractivity contribution is 1.48. The summed E-state index contributed by atoms with van der Waals surface area (Å²) in [5, 5.41) is 8.15. The van der Waals surface area contributed by atoms with Gasteiger partial charge in [-0.2, -0.15) is 5.26 Å². The number of nitriles is 1. The van der Waals surface area contributed by atoms with E-state index in [1.165, 1.54) is 6.08 Å². The Labute approximate surface area is 55.6 Å². The molecule has 1 heteroatoms. The molecule has 0 radical (unpaired) electrons. The zero-order valence-electron chi connectivity index (χ0n) is 5.46. The van der Waals surface area contributed by atoms with Crippen LogP contribution in [0.25, 0.3) is 0 Å². The van der Waals surface area contributed by atoms with E-state index in [9.17, 15) is 0 Å². The van der Waals surface area contributed by atoms with Crippen molar-refractivity contribution in [2.24, 2.45) is 0 Å². The molecule has 46 valence electrons. The van der Waals surface area contributed by atoms with Crippen molar-refractivity contribution in [1.82, 2.24) is 0 Å². The lowest BCUT2D eigenvalue weighted by atomic mass is 10.2. The predicted molar refractivity (Wildman–Crippen MR) is 38.7 cm³/mol. The van der Waals surface area contributed by atoms with Gasteiger partial charge in [0.05, 0.1) is 6.07 Å². The van der Waals surface area contributed by atoms with Crippen molar-refractivity contribution in [3.05, 3.63) is 36.5 Å². The van der Waals surface area contributed by atoms with Gasteiger partial charge in [0.1, 0.15) is 0 Å². The summed E-state index contributed by atoms with van der Waals surface area (Å²) in [6.07, 6.45) is 6.79. The Hall–Kier alpha value is -1.29. The van der Waals surface area contributed by atoms with Crippen molar-refractivity contribution in [3.8, 4) is 6.07 Å². The smallest absolute Gasteiger partial charge is 0.0914 e. The molecule has 0 aliphatic carbocycles. The summed E-state index contributed by atoms with van der Waals surface area (Å²) in [5.74, 6) is 0. The molecule has 0 saturated carbocycles. The van der Waals surface area contributed by atoms with Gasteiger partial charge in [-0.25, -0.2) is 0 Å². The molecule has 0 aliphatic rings. The lowest BCUT2D eigenvalue weighted by Gasteiger charge is -1.80. The summed E-state index contributed by atoms with van der Waals surface area (Å²) >= 11 is 0. The molecule has 9 heavy (non-hydrogen) atoms. The first-order chi connectivity index (χ1) is 4.31. The third kappa shape index (κ3) is 4.57. The van der Waals surface area contributed by atoms with E-state index in [1.807, 2.05) is 19.1 Å². The Bertz CT molecular complexity index is 179. The predicted octanol–water partition coefficient (Wildman–Crippen LogP) is 2.20. The number of allylic oxidation sites excluding steroid dienone is 5. The Morgan fingerprint density at radius 2 is 2.33 bits per heavy atom. The molecule has 0 atom stereocenters. The van der Waals surface area contributed by atoms with E-state index in [0.29, 0.717) is 0 Å². The quantitative estimate of drug-likeness (QED) is 0.404. The molecular formula is C8H9N. The summed E-state index contributed by atoms with van der Waals surface area (Å²) in [5.41, 5.74) is 0.942. The fourth-order valence-electron chi connectivity index (χ4n) is 0.370. The van der Waals surface area contributed by atoms with Gasteiger partial charge in [0.2, 0.25) is 0 Å². The van der Waals surface area contributed by atoms with E-state index in [1.54, 1.807) is 12.2 Å². The molecule has 0 aromatic heterocycles. The second-order valence-electron chi connectivity index (χ2n) is 1.61. The van der Waals surface area contributed by atoms with Crippen LogP contribution in [0.1, 0.15) is 6.92 Å². The first kappa shape index (κ1) is 7.71. The van der Waals surface area contributed by atoms with Crippen LogP contribution < -0.4 is 0 Å². The fourth-order valence-corrected chi connectivity index (χ4v) is 0.370. The molecular weight excluding hydrogens is 110 g/mol. The number of rotatable bonds is 2. The second-order valence-corrected chi connectivity index (χ2v) is 1.61. The molecule has 0 aromatic rings. The third-order valence-electron chi connectivity index (χ3n) is 0.787. The van der Waals surface area contributed by atoms with Crippen molar-refractivity contribution >= 4 is 0 Å². The largest absolute Gasteiger partial charge is 0.193 e. The van der Waals surface area contributed by atoms with Crippen LogP contribution in [0.5, 0.6) is 0 Å². The lowest BCUT2D eigenvalue weighted by Crippen LogP contribution is -1.62. The zero-order chi connectivity index (χ0) is 7.11. The number of hydrogen-bond acceptors (Lipinski definition) is 1. The number of nitrogens with zero attached hydrogens (tertiary/aromatic N) is 1. The van der Waals surface area contributed by atoms with Gasteiger partial charge in [-0.15, -0.1) is 0 Å². The minimum atomic E-state index is 0.942. The molecule has 0 aliphatic heterocycles. The highest BCUT2D eigenvalue weighted by Crippen LogP contribution is 1.92. The Morgan fingerprint density at radius 3 is 2.78 bits per heavy atom. The highest BCUT2D eigenvalue weighted by molar-refractivity contribution is 5.24. The standard InChI is InChI=1S/C8H9N/c1-3-4-5-8(2)6-7-9/h3-6H,1H2,2H3/b5-4+,8-6-. The maximum absolute atomic E-state index is 8.15. The topological polar surface area (TPSA) is 23.8 Å². The van der Waals surface area contributed by atoms with Crippen molar-refractivity contribution in [2.45, 2.75) is 6.92 Å². The van der Waals surface area contributed by atoms with Crippen molar-refractivity contribution in [1.29, 1.82) is 5.26 Å². The molecule has 0 amide bonds. The van der Waals surface area contributed by atoms with E-state index in [2.05, 4.69) is 6.58 Å². The minimum Gasteiger partial charge on any atom is -0.193 e. The normalized spacial score (nSPS) is 11.3. The van der Waals surface area contributed by atoms with Gasteiger partial charge in [-0.05, 0) is 12.5 Å². The van der Waals surface area contributed by atoms with Crippen LogP contribution in [0.15, 0.2) is 36.5 Å². The van der Waals surface area contributed by atoms with Crippen LogP contribution in [0.3, 0.4) is 0 Å². The van der Waals surface area contributed by atoms with E-state index < -0.39 is 0 Å². The van der Waals surface area contributed by atoms with Crippen LogP contribution in [0.4, 0.5) is 0 Å². The van der Waals surface area contributed by atoms with Crippen molar-refractivity contribution in [3.63, 3.8) is 0 Å². The Kier molecular flexibility index (Phi) is 4.16. The Balaban J connectivity index is 3.93. The van der Waals surface area contributed by atoms with Gasteiger partial charge >= 0.3 is 0 Å². The molecule has 0 spiro atoms. The van der Waals surface area contributed by atoms with E-state index >= 15 is 0 Å². The van der Waals surface area contributed by atoms with Crippen LogP contribution in [-0.4, -0.2) is 0 Å². The monoisotopic (exact) mass is 119 g/mol. The van der Waals surface area contributed by atoms with Crippen molar-refractivity contribution < 1.29 is 0 Å². The molecule has 0 unspecified atom stereocenters. The van der Waals surface area contributed by atoms with Crippen LogP contribution in [0.2, 0.25) is 0 Å². The molecule has 0 bridgehead atoms. The summed E-state index contributed by atoms with van der Waals surface area (Å²) in [4.78, 5) is 0. The van der Waals surface area contributed by atoms with Gasteiger partial charge in [0.25, 0.3) is 0 Å². The van der Waals surface area contributed by atoms with Gasteiger partial charge in [-0.3, -0.25) is 0 Å². The molecule has 0 N–H and O–H groups in total. The highest BCUT2D eigenvalue weighted by atomic mass is 14.2. The van der Waals surface area contributed by atoms with E-state index in [-0.39, 0.29) is 0 Å². The Morgan fingerprint density at radius 1 is 1.67 bits per heavy atom. The summed E-state index contributed by atoms with van der Waals surface area (Å²) in [7, 11) is 0.